The van der Waals surface area contributed by atoms with Crippen LogP contribution in [0.2, 0.25) is 0 Å². The summed E-state index contributed by atoms with van der Waals surface area (Å²) in [5.41, 5.74) is 11.6. The number of nitrogen functional groups attached to an aromatic ring is 1. The summed E-state index contributed by atoms with van der Waals surface area (Å²) in [7, 11) is 1.81. The average molecular weight is 411 g/mol. The highest BCUT2D eigenvalue weighted by Crippen LogP contribution is 2.16. The molecule has 0 aliphatic carbocycles. The lowest BCUT2D eigenvalue weighted by atomic mass is 10.1. The molecule has 1 heterocycles. The van der Waals surface area contributed by atoms with Crippen LogP contribution in [0, 0.1) is 5.92 Å². The summed E-state index contributed by atoms with van der Waals surface area (Å²) in [6.45, 7) is 16.0. The molecule has 0 fully saturated rings. The quantitative estimate of drug-likeness (QED) is 0.417. The number of nitrogens with two attached hydrogens (primary N) is 2. The fourth-order valence-corrected chi connectivity index (χ4v) is 1.62. The normalized spacial score (nSPS) is 10.3. The van der Waals surface area contributed by atoms with Gasteiger partial charge in [0.05, 0.1) is 16.4 Å². The molecule has 0 bridgehead atoms. The lowest BCUT2D eigenvalue weighted by Gasteiger charge is -2.02. The first kappa shape index (κ1) is 30.0. The molecule has 0 aromatic carbocycles. The third-order valence-electron chi connectivity index (χ3n) is 2.85. The van der Waals surface area contributed by atoms with E-state index in [2.05, 4.69) is 23.5 Å². The SMILES string of the molecule is C=C(N)S/C=C(\C)C(C)C=O.C=CNC.CC.CC(=O)c1cc(=O)c(N)c[nH]1. The van der Waals surface area contributed by atoms with E-state index in [0.717, 1.165) is 11.9 Å². The number of thioether (sulfide) groups is 1. The number of hydrogen-bond acceptors (Lipinski definition) is 7. The van der Waals surface area contributed by atoms with Crippen LogP contribution in [0.25, 0.3) is 0 Å². The van der Waals surface area contributed by atoms with Crippen molar-refractivity contribution in [1.29, 1.82) is 0 Å². The van der Waals surface area contributed by atoms with Gasteiger partial charge < -0.3 is 26.6 Å². The molecule has 1 atom stereocenters. The second-order valence-electron chi connectivity index (χ2n) is 5.09. The zero-order chi connectivity index (χ0) is 22.7. The molecular formula is C20H34N4O3S. The summed E-state index contributed by atoms with van der Waals surface area (Å²) in [6, 6.07) is 1.19. The van der Waals surface area contributed by atoms with Crippen LogP contribution >= 0.6 is 11.8 Å². The Kier molecular flexibility index (Phi) is 20.4. The summed E-state index contributed by atoms with van der Waals surface area (Å²) in [6.07, 6.45) is 3.85. The number of ketones is 1. The van der Waals surface area contributed by atoms with E-state index in [1.54, 1.807) is 6.20 Å². The third-order valence-corrected chi connectivity index (χ3v) is 3.64. The van der Waals surface area contributed by atoms with E-state index >= 15 is 0 Å². The molecule has 1 rings (SSSR count). The number of H-pyrrole nitrogens is 1. The number of Topliss-reactive ketones (excluding diaryl/α,β-unsaturated/α-hetero) is 1. The number of pyridine rings is 1. The first-order valence-electron chi connectivity index (χ1n) is 8.60. The maximum atomic E-state index is 10.8. The Labute approximate surface area is 172 Å². The minimum absolute atomic E-state index is 0.0261. The molecule has 0 amide bonds. The number of aromatic amines is 1. The molecule has 1 aromatic heterocycles. The minimum atomic E-state index is -0.325. The van der Waals surface area contributed by atoms with Crippen molar-refractivity contribution in [2.24, 2.45) is 11.7 Å². The Hall–Kier alpha value is -2.74. The van der Waals surface area contributed by atoms with Crippen LogP contribution in [-0.2, 0) is 4.79 Å². The van der Waals surface area contributed by atoms with Crippen LogP contribution in [0.15, 0.2) is 52.4 Å². The van der Waals surface area contributed by atoms with Gasteiger partial charge in [0.25, 0.3) is 0 Å². The molecule has 0 aliphatic rings. The largest absolute Gasteiger partial charge is 0.394 e. The summed E-state index contributed by atoms with van der Waals surface area (Å²) < 4.78 is 0. The number of carbonyl (C=O) groups excluding carboxylic acids is 2. The Morgan fingerprint density at radius 2 is 1.86 bits per heavy atom. The van der Waals surface area contributed by atoms with Gasteiger partial charge in [-0.25, -0.2) is 0 Å². The van der Waals surface area contributed by atoms with Gasteiger partial charge in [0, 0.05) is 32.2 Å². The van der Waals surface area contributed by atoms with Gasteiger partial charge in [-0.05, 0) is 18.5 Å². The highest BCUT2D eigenvalue weighted by Gasteiger charge is 2.01. The summed E-state index contributed by atoms with van der Waals surface area (Å²) >= 11 is 1.35. The van der Waals surface area contributed by atoms with Crippen LogP contribution in [0.4, 0.5) is 5.69 Å². The molecule has 0 aliphatic heterocycles. The highest BCUT2D eigenvalue weighted by atomic mass is 32.2. The van der Waals surface area contributed by atoms with E-state index in [0.29, 0.717) is 5.03 Å². The molecule has 0 radical (unpaired) electrons. The molecule has 7 nitrogen and oxygen atoms in total. The van der Waals surface area contributed by atoms with Crippen molar-refractivity contribution < 1.29 is 9.59 Å². The van der Waals surface area contributed by atoms with Crippen molar-refractivity contribution in [2.45, 2.75) is 34.6 Å². The number of allylic oxidation sites excluding steroid dienone is 1. The number of hydrogen-bond donors (Lipinski definition) is 4. The van der Waals surface area contributed by atoms with Gasteiger partial charge in [0.1, 0.15) is 6.29 Å². The molecule has 28 heavy (non-hydrogen) atoms. The fraction of sp³-hybridized carbons (Fsp3) is 0.350. The van der Waals surface area contributed by atoms with E-state index in [-0.39, 0.29) is 28.5 Å². The fourth-order valence-electron chi connectivity index (χ4n) is 1.07. The van der Waals surface area contributed by atoms with E-state index < -0.39 is 0 Å². The summed E-state index contributed by atoms with van der Waals surface area (Å²) in [4.78, 5) is 34.4. The lowest BCUT2D eigenvalue weighted by Crippen LogP contribution is -2.10. The predicted octanol–water partition coefficient (Wildman–Crippen LogP) is 3.42. The molecule has 0 saturated carbocycles. The van der Waals surface area contributed by atoms with Gasteiger partial charge in [-0.2, -0.15) is 0 Å². The van der Waals surface area contributed by atoms with Crippen LogP contribution in [0.3, 0.4) is 0 Å². The lowest BCUT2D eigenvalue weighted by molar-refractivity contribution is -0.109. The molecule has 158 valence electrons. The molecule has 6 N–H and O–H groups in total. The van der Waals surface area contributed by atoms with Gasteiger partial charge in [-0.15, -0.1) is 0 Å². The van der Waals surface area contributed by atoms with Crippen LogP contribution in [-0.4, -0.2) is 24.1 Å². The first-order chi connectivity index (χ1) is 13.1. The number of nitrogens with one attached hydrogen (secondary N) is 2. The highest BCUT2D eigenvalue weighted by molar-refractivity contribution is 8.05. The Bertz CT molecular complexity index is 697. The Morgan fingerprint density at radius 1 is 1.36 bits per heavy atom. The van der Waals surface area contributed by atoms with Crippen molar-refractivity contribution in [3.8, 4) is 0 Å². The number of carbonyl (C=O) groups is 2. The smallest absolute Gasteiger partial charge is 0.205 e. The van der Waals surface area contributed by atoms with Gasteiger partial charge >= 0.3 is 0 Å². The first-order valence-corrected chi connectivity index (χ1v) is 9.48. The number of rotatable bonds is 6. The number of anilines is 1. The topological polar surface area (TPSA) is 131 Å². The van der Waals surface area contributed by atoms with Gasteiger partial charge in [-0.3, -0.25) is 9.59 Å². The molecular weight excluding hydrogens is 376 g/mol. The molecule has 1 aromatic rings. The molecule has 8 heteroatoms. The van der Waals surface area contributed by atoms with Crippen LogP contribution in [0.1, 0.15) is 45.1 Å². The molecule has 0 spiro atoms. The van der Waals surface area contributed by atoms with Crippen molar-refractivity contribution >= 4 is 29.5 Å². The van der Waals surface area contributed by atoms with E-state index in [9.17, 15) is 14.4 Å². The minimum Gasteiger partial charge on any atom is -0.394 e. The maximum absolute atomic E-state index is 10.8. The predicted molar refractivity (Wildman–Crippen MR) is 122 cm³/mol. The van der Waals surface area contributed by atoms with Crippen molar-refractivity contribution in [3.05, 3.63) is 63.5 Å². The van der Waals surface area contributed by atoms with E-state index in [1.165, 1.54) is 30.9 Å². The zero-order valence-corrected chi connectivity index (χ0v) is 18.5. The van der Waals surface area contributed by atoms with Gasteiger partial charge in [0.15, 0.2) is 5.78 Å². The summed E-state index contributed by atoms with van der Waals surface area (Å²) in [5, 5.41) is 5.09. The molecule has 1 unspecified atom stereocenters. The van der Waals surface area contributed by atoms with E-state index in [1.807, 2.05) is 40.2 Å². The van der Waals surface area contributed by atoms with Crippen molar-refractivity contribution in [1.82, 2.24) is 10.3 Å². The number of aromatic nitrogens is 1. The number of aldehydes is 1. The summed E-state index contributed by atoms with van der Waals surface area (Å²) in [5.74, 6) is -0.205. The second-order valence-corrected chi connectivity index (χ2v) is 6.08. The Balaban J connectivity index is -0.000000350. The molecule has 0 saturated heterocycles. The van der Waals surface area contributed by atoms with Crippen molar-refractivity contribution in [2.75, 3.05) is 12.8 Å². The van der Waals surface area contributed by atoms with Crippen LogP contribution in [0.5, 0.6) is 0 Å². The second kappa shape index (κ2) is 19.0. The third kappa shape index (κ3) is 16.7. The standard InChI is InChI=1S/C8H13NOS.C7H8N2O2.C3H7N.C2H6/c1-6(4-10)7(2)5-11-8(3)9;1-4(10)6-2-7(11)5(8)3-9-6;1-3-4-2;1-2/h4-6H,3,9H2,1-2H3;2-3H,8H2,1H3,(H,9,11);3-4H,1H2,2H3;1-2H3/b7-5+;;;. The zero-order valence-electron chi connectivity index (χ0n) is 17.7. The monoisotopic (exact) mass is 410 g/mol. The maximum Gasteiger partial charge on any atom is 0.205 e. The Morgan fingerprint density at radius 3 is 2.18 bits per heavy atom. The van der Waals surface area contributed by atoms with Gasteiger partial charge in [-0.1, -0.05) is 51.3 Å². The van der Waals surface area contributed by atoms with Crippen LogP contribution < -0.4 is 22.2 Å². The van der Waals surface area contributed by atoms with E-state index in [4.69, 9.17) is 11.5 Å². The average Bonchev–Trinajstić information content (AvgIpc) is 2.69. The van der Waals surface area contributed by atoms with Crippen molar-refractivity contribution in [3.63, 3.8) is 0 Å². The van der Waals surface area contributed by atoms with Gasteiger partial charge in [0.2, 0.25) is 5.43 Å².